The number of rotatable bonds is 3. The third-order valence-corrected chi connectivity index (χ3v) is 3.29. The van der Waals surface area contributed by atoms with Crippen LogP contribution in [0.5, 0.6) is 0 Å². The van der Waals surface area contributed by atoms with Crippen LogP contribution in [0.15, 0.2) is 34.9 Å². The molecule has 5 heteroatoms. The van der Waals surface area contributed by atoms with Crippen molar-refractivity contribution in [2.45, 2.75) is 13.3 Å². The van der Waals surface area contributed by atoms with Gasteiger partial charge in [0.2, 0.25) is 0 Å². The summed E-state index contributed by atoms with van der Waals surface area (Å²) >= 11 is 2.97. The molecule has 0 bridgehead atoms. The van der Waals surface area contributed by atoms with E-state index in [-0.39, 0.29) is 22.2 Å². The van der Waals surface area contributed by atoms with Gasteiger partial charge in [-0.25, -0.2) is 8.78 Å². The zero-order valence-electron chi connectivity index (χ0n) is 10.1. The first kappa shape index (κ1) is 13.8. The fourth-order valence-corrected chi connectivity index (χ4v) is 2.04. The van der Waals surface area contributed by atoms with Gasteiger partial charge in [0, 0.05) is 18.2 Å². The Morgan fingerprint density at radius 2 is 2.05 bits per heavy atom. The Morgan fingerprint density at radius 3 is 2.74 bits per heavy atom. The predicted octanol–water partition coefficient (Wildman–Crippen LogP) is 3.86. The quantitative estimate of drug-likeness (QED) is 0.633. The van der Waals surface area contributed by atoms with Gasteiger partial charge in [-0.05, 0) is 52.7 Å². The molecule has 0 N–H and O–H groups in total. The summed E-state index contributed by atoms with van der Waals surface area (Å²) in [6.45, 7) is 1.82. The number of aryl methyl sites for hydroxylation is 1. The smallest absolute Gasteiger partial charge is 0.185 e. The summed E-state index contributed by atoms with van der Waals surface area (Å²) in [7, 11) is 0. The van der Waals surface area contributed by atoms with Crippen LogP contribution in [0, 0.1) is 18.6 Å². The SMILES string of the molecule is Cc1ccnc(C(=O)Cc2c(F)ccc(Br)c2F)c1. The number of nitrogens with zero attached hydrogens (tertiary/aromatic N) is 1. The number of pyridine rings is 1. The van der Waals surface area contributed by atoms with Crippen LogP contribution in [0.1, 0.15) is 21.6 Å². The summed E-state index contributed by atoms with van der Waals surface area (Å²) in [4.78, 5) is 15.9. The minimum absolute atomic E-state index is 0.133. The maximum atomic E-state index is 13.8. The molecule has 98 valence electrons. The van der Waals surface area contributed by atoms with Crippen molar-refractivity contribution in [3.8, 4) is 0 Å². The number of Topliss-reactive ketones (excluding diaryl/α,β-unsaturated/α-hetero) is 1. The molecule has 0 saturated carbocycles. The highest BCUT2D eigenvalue weighted by atomic mass is 79.9. The highest BCUT2D eigenvalue weighted by Crippen LogP contribution is 2.22. The van der Waals surface area contributed by atoms with E-state index >= 15 is 0 Å². The molecule has 0 aliphatic carbocycles. The van der Waals surface area contributed by atoms with Gasteiger partial charge in [0.1, 0.15) is 17.3 Å². The lowest BCUT2D eigenvalue weighted by atomic mass is 10.0. The molecule has 0 aliphatic heterocycles. The molecule has 0 amide bonds. The van der Waals surface area contributed by atoms with Crippen LogP contribution >= 0.6 is 15.9 Å². The molecule has 0 atom stereocenters. The van der Waals surface area contributed by atoms with E-state index in [1.807, 2.05) is 6.92 Å². The van der Waals surface area contributed by atoms with Crippen molar-refractivity contribution in [2.75, 3.05) is 0 Å². The first-order chi connectivity index (χ1) is 8.99. The van der Waals surface area contributed by atoms with Crippen molar-refractivity contribution < 1.29 is 13.6 Å². The van der Waals surface area contributed by atoms with Crippen LogP contribution in [0.2, 0.25) is 0 Å². The molecular formula is C14H10BrF2NO. The van der Waals surface area contributed by atoms with Gasteiger partial charge in [0.05, 0.1) is 4.47 Å². The number of halogens is 3. The molecule has 2 aromatic rings. The fourth-order valence-electron chi connectivity index (χ4n) is 1.67. The van der Waals surface area contributed by atoms with E-state index in [1.54, 1.807) is 12.1 Å². The summed E-state index contributed by atoms with van der Waals surface area (Å²) in [5, 5.41) is 0. The molecule has 1 aromatic heterocycles. The number of hydrogen-bond donors (Lipinski definition) is 0. The Labute approximate surface area is 117 Å². The van der Waals surface area contributed by atoms with Crippen LogP contribution in [0.3, 0.4) is 0 Å². The average molecular weight is 326 g/mol. The zero-order valence-corrected chi connectivity index (χ0v) is 11.7. The van der Waals surface area contributed by atoms with Gasteiger partial charge in [-0.15, -0.1) is 0 Å². The molecule has 0 fully saturated rings. The van der Waals surface area contributed by atoms with Gasteiger partial charge in [0.15, 0.2) is 5.78 Å². The molecule has 0 unspecified atom stereocenters. The van der Waals surface area contributed by atoms with Crippen LogP contribution in [-0.2, 0) is 6.42 Å². The normalized spacial score (nSPS) is 10.5. The van der Waals surface area contributed by atoms with Crippen LogP contribution in [0.4, 0.5) is 8.78 Å². The lowest BCUT2D eigenvalue weighted by molar-refractivity contribution is 0.0985. The topological polar surface area (TPSA) is 30.0 Å². The average Bonchev–Trinajstić information content (AvgIpc) is 2.39. The number of carbonyl (C=O) groups excluding carboxylic acids is 1. The Morgan fingerprint density at radius 1 is 1.32 bits per heavy atom. The highest BCUT2D eigenvalue weighted by Gasteiger charge is 2.17. The minimum Gasteiger partial charge on any atom is -0.292 e. The summed E-state index contributed by atoms with van der Waals surface area (Å²) < 4.78 is 27.4. The van der Waals surface area contributed by atoms with Gasteiger partial charge in [0.25, 0.3) is 0 Å². The molecule has 0 radical (unpaired) electrons. The molecule has 19 heavy (non-hydrogen) atoms. The molecule has 1 heterocycles. The molecule has 0 spiro atoms. The summed E-state index contributed by atoms with van der Waals surface area (Å²) in [6, 6.07) is 5.73. The highest BCUT2D eigenvalue weighted by molar-refractivity contribution is 9.10. The number of ketones is 1. The van der Waals surface area contributed by atoms with Crippen molar-refractivity contribution in [1.29, 1.82) is 0 Å². The molecule has 1 aromatic carbocycles. The van der Waals surface area contributed by atoms with E-state index in [2.05, 4.69) is 20.9 Å². The van der Waals surface area contributed by atoms with E-state index < -0.39 is 17.4 Å². The standard InChI is InChI=1S/C14H10BrF2NO/c1-8-4-5-18-12(6-8)13(19)7-9-11(16)3-2-10(15)14(9)17/h2-6H,7H2,1H3. The zero-order chi connectivity index (χ0) is 14.0. The van der Waals surface area contributed by atoms with Crippen molar-refractivity contribution in [3.63, 3.8) is 0 Å². The van der Waals surface area contributed by atoms with Crippen molar-refractivity contribution in [1.82, 2.24) is 4.98 Å². The van der Waals surface area contributed by atoms with Crippen molar-refractivity contribution >= 4 is 21.7 Å². The lowest BCUT2D eigenvalue weighted by Crippen LogP contribution is -2.09. The molecule has 2 nitrogen and oxygen atoms in total. The molecule has 0 aliphatic rings. The Bertz CT molecular complexity index is 643. The molecule has 2 rings (SSSR count). The summed E-state index contributed by atoms with van der Waals surface area (Å²) in [5.41, 5.74) is 0.829. The second-order valence-corrected chi connectivity index (χ2v) is 4.99. The van der Waals surface area contributed by atoms with Gasteiger partial charge in [-0.2, -0.15) is 0 Å². The van der Waals surface area contributed by atoms with Crippen molar-refractivity contribution in [3.05, 3.63) is 63.4 Å². The van der Waals surface area contributed by atoms with Crippen LogP contribution in [0.25, 0.3) is 0 Å². The second kappa shape index (κ2) is 5.57. The van der Waals surface area contributed by atoms with E-state index in [9.17, 15) is 13.6 Å². The monoisotopic (exact) mass is 325 g/mol. The van der Waals surface area contributed by atoms with Gasteiger partial charge in [-0.3, -0.25) is 9.78 Å². The number of benzene rings is 1. The van der Waals surface area contributed by atoms with Gasteiger partial charge < -0.3 is 0 Å². The third-order valence-electron chi connectivity index (χ3n) is 2.68. The van der Waals surface area contributed by atoms with E-state index in [1.165, 1.54) is 12.3 Å². The Kier molecular flexibility index (Phi) is 4.04. The third kappa shape index (κ3) is 3.04. The molecular weight excluding hydrogens is 316 g/mol. The van der Waals surface area contributed by atoms with Gasteiger partial charge >= 0.3 is 0 Å². The number of carbonyl (C=O) groups is 1. The summed E-state index contributed by atoms with van der Waals surface area (Å²) in [5.74, 6) is -1.90. The largest absolute Gasteiger partial charge is 0.292 e. The first-order valence-corrected chi connectivity index (χ1v) is 6.36. The van der Waals surface area contributed by atoms with E-state index in [0.717, 1.165) is 11.6 Å². The van der Waals surface area contributed by atoms with Crippen molar-refractivity contribution in [2.24, 2.45) is 0 Å². The van der Waals surface area contributed by atoms with Crippen LogP contribution < -0.4 is 0 Å². The predicted molar refractivity (Wildman–Crippen MR) is 71.1 cm³/mol. The minimum atomic E-state index is -0.749. The maximum absolute atomic E-state index is 13.8. The molecule has 0 saturated heterocycles. The Hall–Kier alpha value is -1.62. The summed E-state index contributed by atoms with van der Waals surface area (Å²) in [6.07, 6.45) is 1.14. The maximum Gasteiger partial charge on any atom is 0.185 e. The Balaban J connectivity index is 2.32. The van der Waals surface area contributed by atoms with E-state index in [0.29, 0.717) is 0 Å². The number of aromatic nitrogens is 1. The second-order valence-electron chi connectivity index (χ2n) is 4.14. The lowest BCUT2D eigenvalue weighted by Gasteiger charge is -2.06. The number of hydrogen-bond acceptors (Lipinski definition) is 2. The van der Waals surface area contributed by atoms with Gasteiger partial charge in [-0.1, -0.05) is 0 Å². The van der Waals surface area contributed by atoms with E-state index in [4.69, 9.17) is 0 Å². The van der Waals surface area contributed by atoms with Crippen LogP contribution in [-0.4, -0.2) is 10.8 Å². The fraction of sp³-hybridized carbons (Fsp3) is 0.143. The first-order valence-electron chi connectivity index (χ1n) is 5.57.